The van der Waals surface area contributed by atoms with Gasteiger partial charge in [0.15, 0.2) is 16.3 Å². The molecule has 8 nitrogen and oxygen atoms in total. The highest BCUT2D eigenvalue weighted by Crippen LogP contribution is 2.18. The van der Waals surface area contributed by atoms with Crippen LogP contribution in [0, 0.1) is 0 Å². The summed E-state index contributed by atoms with van der Waals surface area (Å²) in [4.78, 5) is 41.8. The van der Waals surface area contributed by atoms with Crippen LogP contribution in [0.3, 0.4) is 0 Å². The molecule has 0 aromatic carbocycles. The highest BCUT2D eigenvalue weighted by Gasteiger charge is 2.16. The maximum Gasteiger partial charge on any atom is 0.282 e. The number of aromatic nitrogens is 5. The first-order valence-electron chi connectivity index (χ1n) is 7.97. The van der Waals surface area contributed by atoms with E-state index in [1.165, 1.54) is 40.1 Å². The first kappa shape index (κ1) is 17.6. The summed E-state index contributed by atoms with van der Waals surface area (Å²) in [7, 11) is 0. The second-order valence-corrected chi connectivity index (χ2v) is 7.45. The van der Waals surface area contributed by atoms with Crippen LogP contribution in [0.1, 0.15) is 10.8 Å². The van der Waals surface area contributed by atoms with Gasteiger partial charge in [-0.1, -0.05) is 11.8 Å². The van der Waals surface area contributed by atoms with Crippen LogP contribution in [-0.2, 0) is 17.8 Å². The number of hydrogen-bond acceptors (Lipinski definition) is 9. The lowest BCUT2D eigenvalue weighted by molar-refractivity contribution is -0.116. The zero-order valence-electron chi connectivity index (χ0n) is 13.9. The second-order valence-electron chi connectivity index (χ2n) is 5.52. The minimum atomic E-state index is -0.320. The van der Waals surface area contributed by atoms with Crippen LogP contribution in [0.15, 0.2) is 56.7 Å². The summed E-state index contributed by atoms with van der Waals surface area (Å²) >= 11 is 2.64. The van der Waals surface area contributed by atoms with Gasteiger partial charge in [0, 0.05) is 24.0 Å². The molecule has 136 valence electrons. The van der Waals surface area contributed by atoms with Gasteiger partial charge in [0.05, 0.1) is 30.0 Å². The summed E-state index contributed by atoms with van der Waals surface area (Å²) in [5.41, 5.74) is 0.120. The Balaban J connectivity index is 1.63. The first-order valence-corrected chi connectivity index (χ1v) is 9.84. The van der Waals surface area contributed by atoms with Crippen molar-refractivity contribution in [1.82, 2.24) is 24.5 Å². The van der Waals surface area contributed by atoms with Crippen LogP contribution in [-0.4, -0.2) is 36.0 Å². The van der Waals surface area contributed by atoms with E-state index in [1.807, 2.05) is 5.38 Å². The predicted octanol–water partition coefficient (Wildman–Crippen LogP) is 2.19. The largest absolute Gasteiger partial charge is 0.467 e. The normalized spacial score (nSPS) is 11.1. The van der Waals surface area contributed by atoms with E-state index in [0.29, 0.717) is 10.9 Å². The molecule has 27 heavy (non-hydrogen) atoms. The summed E-state index contributed by atoms with van der Waals surface area (Å²) in [5, 5.41) is 3.00. The summed E-state index contributed by atoms with van der Waals surface area (Å²) in [6.45, 7) is 0.203. The van der Waals surface area contributed by atoms with E-state index >= 15 is 0 Å². The molecule has 4 aromatic rings. The average Bonchev–Trinajstić information content (AvgIpc) is 3.37. The molecule has 0 atom stereocenters. The van der Waals surface area contributed by atoms with Gasteiger partial charge in [-0.15, -0.1) is 11.3 Å². The third-order valence-corrected chi connectivity index (χ3v) is 5.46. The first-order chi connectivity index (χ1) is 13.2. The molecule has 0 amide bonds. The van der Waals surface area contributed by atoms with Crippen molar-refractivity contribution in [2.24, 2.45) is 0 Å². The Morgan fingerprint density at radius 3 is 2.89 bits per heavy atom. The minimum absolute atomic E-state index is 0.00740. The Hall–Kier alpha value is -2.85. The number of thiazole rings is 1. The number of thioether (sulfide) groups is 1. The van der Waals surface area contributed by atoms with Crippen molar-refractivity contribution < 1.29 is 9.21 Å². The molecule has 0 bridgehead atoms. The van der Waals surface area contributed by atoms with E-state index in [4.69, 9.17) is 4.42 Å². The molecule has 0 spiro atoms. The summed E-state index contributed by atoms with van der Waals surface area (Å²) in [5.74, 6) is 0.793. The Bertz CT molecular complexity index is 1120. The molecule has 4 heterocycles. The van der Waals surface area contributed by atoms with E-state index in [9.17, 15) is 9.59 Å². The number of carbonyl (C=O) groups is 1. The molecule has 0 aliphatic heterocycles. The van der Waals surface area contributed by atoms with E-state index in [2.05, 4.69) is 19.9 Å². The molecule has 0 fully saturated rings. The number of carbonyl (C=O) groups excluding carboxylic acids is 1. The minimum Gasteiger partial charge on any atom is -0.467 e. The van der Waals surface area contributed by atoms with Gasteiger partial charge in [-0.3, -0.25) is 14.2 Å². The third kappa shape index (κ3) is 3.96. The summed E-state index contributed by atoms with van der Waals surface area (Å²) in [6.07, 6.45) is 6.41. The molecule has 4 aromatic heterocycles. The van der Waals surface area contributed by atoms with Gasteiger partial charge >= 0.3 is 0 Å². The van der Waals surface area contributed by atoms with E-state index in [1.54, 1.807) is 24.6 Å². The number of Topliss-reactive ketones (excluding diaryl/α,β-unsaturated/α-hetero) is 1. The topological polar surface area (TPSA) is 104 Å². The van der Waals surface area contributed by atoms with Gasteiger partial charge < -0.3 is 4.42 Å². The number of hydrogen-bond donors (Lipinski definition) is 0. The number of furan rings is 1. The van der Waals surface area contributed by atoms with Crippen molar-refractivity contribution in [3.63, 3.8) is 0 Å². The predicted molar refractivity (Wildman–Crippen MR) is 101 cm³/mol. The van der Waals surface area contributed by atoms with Gasteiger partial charge in [0.25, 0.3) is 5.56 Å². The van der Waals surface area contributed by atoms with Crippen LogP contribution in [0.5, 0.6) is 0 Å². The van der Waals surface area contributed by atoms with Crippen LogP contribution in [0.25, 0.3) is 11.2 Å². The zero-order chi connectivity index (χ0) is 18.6. The lowest BCUT2D eigenvalue weighted by Crippen LogP contribution is -2.25. The fourth-order valence-corrected chi connectivity index (χ4v) is 3.93. The number of rotatable bonds is 7. The molecule has 0 aliphatic rings. The molecule has 0 unspecified atom stereocenters. The fraction of sp³-hybridized carbons (Fsp3) is 0.176. The maximum absolute atomic E-state index is 12.8. The van der Waals surface area contributed by atoms with Crippen molar-refractivity contribution in [3.05, 3.63) is 63.5 Å². The van der Waals surface area contributed by atoms with Crippen molar-refractivity contribution in [3.8, 4) is 0 Å². The van der Waals surface area contributed by atoms with Crippen molar-refractivity contribution in [2.45, 2.75) is 18.1 Å². The van der Waals surface area contributed by atoms with Crippen LogP contribution in [0.4, 0.5) is 0 Å². The number of fused-ring (bicyclic) bond motifs is 1. The Morgan fingerprint density at radius 2 is 2.11 bits per heavy atom. The molecule has 0 aliphatic carbocycles. The molecule has 0 saturated heterocycles. The highest BCUT2D eigenvalue weighted by atomic mass is 32.2. The standard InChI is InChI=1S/C17H13N5O3S2/c23-11(8-13-18-5-7-26-13)10-27-17-21-15-14(19-3-4-20-15)16(24)22(17)9-12-2-1-6-25-12/h1-7H,8-10H2. The Morgan fingerprint density at radius 1 is 1.22 bits per heavy atom. The lowest BCUT2D eigenvalue weighted by Gasteiger charge is -2.10. The molecule has 0 radical (unpaired) electrons. The highest BCUT2D eigenvalue weighted by molar-refractivity contribution is 7.99. The van der Waals surface area contributed by atoms with Crippen molar-refractivity contribution in [1.29, 1.82) is 0 Å². The molecular weight excluding hydrogens is 386 g/mol. The zero-order valence-corrected chi connectivity index (χ0v) is 15.6. The van der Waals surface area contributed by atoms with Gasteiger partial charge in [-0.25, -0.2) is 19.9 Å². The quantitative estimate of drug-likeness (QED) is 0.344. The molecule has 4 rings (SSSR count). The molecule has 10 heteroatoms. The Labute approximate surface area is 161 Å². The van der Waals surface area contributed by atoms with Gasteiger partial charge in [-0.05, 0) is 12.1 Å². The maximum atomic E-state index is 12.8. The lowest BCUT2D eigenvalue weighted by atomic mass is 10.3. The van der Waals surface area contributed by atoms with Gasteiger partial charge in [-0.2, -0.15) is 0 Å². The molecular formula is C17H13N5O3S2. The Kier molecular flexibility index (Phi) is 5.07. The van der Waals surface area contributed by atoms with E-state index in [-0.39, 0.29) is 41.2 Å². The SMILES string of the molecule is O=C(CSc1nc2nccnc2c(=O)n1Cc1ccco1)Cc1nccs1. The fourth-order valence-electron chi connectivity index (χ4n) is 2.44. The van der Waals surface area contributed by atoms with E-state index in [0.717, 1.165) is 5.01 Å². The monoisotopic (exact) mass is 399 g/mol. The van der Waals surface area contributed by atoms with Crippen LogP contribution < -0.4 is 5.56 Å². The number of ketones is 1. The summed E-state index contributed by atoms with van der Waals surface area (Å²) < 4.78 is 6.80. The number of nitrogens with zero attached hydrogens (tertiary/aromatic N) is 5. The van der Waals surface area contributed by atoms with E-state index < -0.39 is 0 Å². The van der Waals surface area contributed by atoms with Crippen molar-refractivity contribution in [2.75, 3.05) is 5.75 Å². The van der Waals surface area contributed by atoms with Crippen LogP contribution >= 0.6 is 23.1 Å². The smallest absolute Gasteiger partial charge is 0.282 e. The molecule has 0 saturated carbocycles. The van der Waals surface area contributed by atoms with Gasteiger partial charge in [0.1, 0.15) is 11.5 Å². The molecule has 0 N–H and O–H groups in total. The van der Waals surface area contributed by atoms with Crippen molar-refractivity contribution >= 4 is 40.0 Å². The summed E-state index contributed by atoms with van der Waals surface area (Å²) in [6, 6.07) is 3.52. The van der Waals surface area contributed by atoms with Gasteiger partial charge in [0.2, 0.25) is 0 Å². The second kappa shape index (κ2) is 7.80. The van der Waals surface area contributed by atoms with Crippen LogP contribution in [0.2, 0.25) is 0 Å². The third-order valence-electron chi connectivity index (χ3n) is 3.65. The average molecular weight is 399 g/mol.